The van der Waals surface area contributed by atoms with Gasteiger partial charge in [0.25, 0.3) is 5.91 Å². The van der Waals surface area contributed by atoms with Gasteiger partial charge in [0.2, 0.25) is 5.79 Å². The number of hydrogen-bond acceptors (Lipinski definition) is 4. The molecule has 5 heteroatoms. The molecule has 1 aliphatic rings. The van der Waals surface area contributed by atoms with Gasteiger partial charge in [-0.2, -0.15) is 0 Å². The van der Waals surface area contributed by atoms with Crippen LogP contribution in [-0.4, -0.2) is 18.3 Å². The van der Waals surface area contributed by atoms with Gasteiger partial charge in [0.05, 0.1) is 6.61 Å². The summed E-state index contributed by atoms with van der Waals surface area (Å²) < 4.78 is 16.8. The number of carbonyl (C=O) groups is 1. The molecule has 1 aliphatic heterocycles. The van der Waals surface area contributed by atoms with E-state index < -0.39 is 5.79 Å². The smallest absolute Gasteiger partial charge is 0.255 e. The summed E-state index contributed by atoms with van der Waals surface area (Å²) >= 11 is 0. The van der Waals surface area contributed by atoms with Crippen LogP contribution >= 0.6 is 0 Å². The molecule has 3 rings (SSSR count). The van der Waals surface area contributed by atoms with Gasteiger partial charge in [-0.1, -0.05) is 0 Å². The molecule has 0 fully saturated rings. The molecule has 2 aromatic rings. The summed E-state index contributed by atoms with van der Waals surface area (Å²) in [5.74, 6) is 1.23. The minimum absolute atomic E-state index is 0.181. The maximum absolute atomic E-state index is 12.4. The summed E-state index contributed by atoms with van der Waals surface area (Å²) in [5.41, 5.74) is 2.16. The molecule has 0 aromatic heterocycles. The Kier molecular flexibility index (Phi) is 4.09. The van der Waals surface area contributed by atoms with E-state index in [0.29, 0.717) is 29.4 Å². The van der Waals surface area contributed by atoms with E-state index in [1.807, 2.05) is 39.8 Å². The molecular formula is C19H21NO4. The van der Waals surface area contributed by atoms with Gasteiger partial charge in [0.15, 0.2) is 11.5 Å². The lowest BCUT2D eigenvalue weighted by atomic mass is 10.1. The summed E-state index contributed by atoms with van der Waals surface area (Å²) in [4.78, 5) is 12.4. The maximum atomic E-state index is 12.4. The van der Waals surface area contributed by atoms with Crippen molar-refractivity contribution in [2.45, 2.75) is 33.5 Å². The third-order valence-electron chi connectivity index (χ3n) is 3.65. The zero-order valence-electron chi connectivity index (χ0n) is 14.3. The molecule has 2 aromatic carbocycles. The number of hydrogen-bond donors (Lipinski definition) is 1. The van der Waals surface area contributed by atoms with Crippen molar-refractivity contribution in [3.05, 3.63) is 47.5 Å². The lowest BCUT2D eigenvalue weighted by Gasteiger charge is -2.16. The summed E-state index contributed by atoms with van der Waals surface area (Å²) in [6.07, 6.45) is 0. The van der Waals surface area contributed by atoms with Crippen molar-refractivity contribution in [2.75, 3.05) is 11.9 Å². The van der Waals surface area contributed by atoms with Gasteiger partial charge >= 0.3 is 0 Å². The monoisotopic (exact) mass is 327 g/mol. The Balaban J connectivity index is 1.75. The molecule has 1 heterocycles. The third-order valence-corrected chi connectivity index (χ3v) is 3.65. The SMILES string of the molecule is CCOc1ccc(C(=O)Nc2ccc3c(c2)OC(C)(C)O3)cc1C. The van der Waals surface area contributed by atoms with Crippen LogP contribution < -0.4 is 19.5 Å². The minimum atomic E-state index is -0.683. The molecule has 0 radical (unpaired) electrons. The highest BCUT2D eigenvalue weighted by Crippen LogP contribution is 2.40. The second-order valence-electron chi connectivity index (χ2n) is 6.13. The molecule has 0 atom stereocenters. The van der Waals surface area contributed by atoms with Crippen LogP contribution in [0, 0.1) is 6.92 Å². The fourth-order valence-corrected chi connectivity index (χ4v) is 2.61. The number of rotatable bonds is 4. The molecule has 0 aliphatic carbocycles. The quantitative estimate of drug-likeness (QED) is 0.916. The minimum Gasteiger partial charge on any atom is -0.494 e. The Labute approximate surface area is 141 Å². The Hall–Kier alpha value is -2.69. The molecule has 0 unspecified atom stereocenters. The van der Waals surface area contributed by atoms with Crippen LogP contribution in [0.5, 0.6) is 17.2 Å². The number of carbonyl (C=O) groups excluding carboxylic acids is 1. The van der Waals surface area contributed by atoms with E-state index in [0.717, 1.165) is 11.3 Å². The summed E-state index contributed by atoms with van der Waals surface area (Å²) in [7, 11) is 0. The molecule has 0 saturated heterocycles. The van der Waals surface area contributed by atoms with E-state index in [-0.39, 0.29) is 5.91 Å². The standard InChI is InChI=1S/C19H21NO4/c1-5-22-15-8-6-13(10-12(15)2)18(21)20-14-7-9-16-17(11-14)24-19(3,4)23-16/h6-11H,5H2,1-4H3,(H,20,21). The molecule has 1 amide bonds. The summed E-state index contributed by atoms with van der Waals surface area (Å²) in [6, 6.07) is 10.7. The fraction of sp³-hybridized carbons (Fsp3) is 0.316. The van der Waals surface area contributed by atoms with Gasteiger partial charge in [0, 0.05) is 31.2 Å². The van der Waals surface area contributed by atoms with E-state index in [1.165, 1.54) is 0 Å². The number of fused-ring (bicyclic) bond motifs is 1. The molecule has 0 spiro atoms. The van der Waals surface area contributed by atoms with Gasteiger partial charge in [-0.15, -0.1) is 0 Å². The van der Waals surface area contributed by atoms with Crippen molar-refractivity contribution in [2.24, 2.45) is 0 Å². The molecule has 126 valence electrons. The van der Waals surface area contributed by atoms with E-state index in [2.05, 4.69) is 5.32 Å². The van der Waals surface area contributed by atoms with Gasteiger partial charge in [0.1, 0.15) is 5.75 Å². The zero-order valence-corrected chi connectivity index (χ0v) is 14.3. The van der Waals surface area contributed by atoms with E-state index in [4.69, 9.17) is 14.2 Å². The Bertz CT molecular complexity index is 783. The van der Waals surface area contributed by atoms with Crippen molar-refractivity contribution >= 4 is 11.6 Å². The maximum Gasteiger partial charge on any atom is 0.255 e. The van der Waals surface area contributed by atoms with Crippen LogP contribution in [0.4, 0.5) is 5.69 Å². The molecule has 5 nitrogen and oxygen atoms in total. The van der Waals surface area contributed by atoms with Gasteiger partial charge < -0.3 is 19.5 Å². The predicted molar refractivity (Wildman–Crippen MR) is 92.1 cm³/mol. The van der Waals surface area contributed by atoms with Gasteiger partial charge in [-0.25, -0.2) is 0 Å². The number of anilines is 1. The van der Waals surface area contributed by atoms with Crippen LogP contribution in [0.15, 0.2) is 36.4 Å². The Morgan fingerprint density at radius 2 is 1.88 bits per heavy atom. The number of ether oxygens (including phenoxy) is 3. The molecule has 0 saturated carbocycles. The Morgan fingerprint density at radius 1 is 1.12 bits per heavy atom. The second-order valence-corrected chi connectivity index (χ2v) is 6.13. The van der Waals surface area contributed by atoms with Gasteiger partial charge in [-0.05, 0) is 49.7 Å². The fourth-order valence-electron chi connectivity index (χ4n) is 2.61. The van der Waals surface area contributed by atoms with Crippen molar-refractivity contribution in [1.29, 1.82) is 0 Å². The predicted octanol–water partition coefficient (Wildman–Crippen LogP) is 4.15. The van der Waals surface area contributed by atoms with Crippen LogP contribution in [0.3, 0.4) is 0 Å². The molecule has 24 heavy (non-hydrogen) atoms. The second kappa shape index (κ2) is 6.07. The van der Waals surface area contributed by atoms with Crippen LogP contribution in [-0.2, 0) is 0 Å². The molecule has 1 N–H and O–H groups in total. The first-order valence-electron chi connectivity index (χ1n) is 7.95. The average molecular weight is 327 g/mol. The molecular weight excluding hydrogens is 306 g/mol. The Morgan fingerprint density at radius 3 is 2.58 bits per heavy atom. The highest BCUT2D eigenvalue weighted by Gasteiger charge is 2.31. The zero-order chi connectivity index (χ0) is 17.3. The van der Waals surface area contributed by atoms with E-state index >= 15 is 0 Å². The lowest BCUT2D eigenvalue weighted by Crippen LogP contribution is -2.29. The van der Waals surface area contributed by atoms with Crippen LogP contribution in [0.25, 0.3) is 0 Å². The number of benzene rings is 2. The van der Waals surface area contributed by atoms with Crippen molar-refractivity contribution < 1.29 is 19.0 Å². The summed E-state index contributed by atoms with van der Waals surface area (Å²) in [5, 5.41) is 2.88. The van der Waals surface area contributed by atoms with Crippen LogP contribution in [0.1, 0.15) is 36.7 Å². The van der Waals surface area contributed by atoms with Crippen LogP contribution in [0.2, 0.25) is 0 Å². The highest BCUT2D eigenvalue weighted by atomic mass is 16.7. The highest BCUT2D eigenvalue weighted by molar-refractivity contribution is 6.04. The van der Waals surface area contributed by atoms with E-state index in [1.54, 1.807) is 24.3 Å². The number of aryl methyl sites for hydroxylation is 1. The van der Waals surface area contributed by atoms with Crippen molar-refractivity contribution in [3.63, 3.8) is 0 Å². The van der Waals surface area contributed by atoms with Crippen molar-refractivity contribution in [3.8, 4) is 17.2 Å². The normalized spacial score (nSPS) is 14.3. The van der Waals surface area contributed by atoms with Crippen molar-refractivity contribution in [1.82, 2.24) is 0 Å². The number of amides is 1. The third kappa shape index (κ3) is 3.30. The lowest BCUT2D eigenvalue weighted by molar-refractivity contribution is -0.0431. The summed E-state index contributed by atoms with van der Waals surface area (Å²) in [6.45, 7) is 8.13. The molecule has 0 bridgehead atoms. The number of nitrogens with one attached hydrogen (secondary N) is 1. The topological polar surface area (TPSA) is 56.8 Å². The first-order chi connectivity index (χ1) is 11.4. The van der Waals surface area contributed by atoms with E-state index in [9.17, 15) is 4.79 Å². The van der Waals surface area contributed by atoms with Gasteiger partial charge in [-0.3, -0.25) is 4.79 Å². The first kappa shape index (κ1) is 16.2. The first-order valence-corrected chi connectivity index (χ1v) is 7.95. The average Bonchev–Trinajstić information content (AvgIpc) is 2.82. The largest absolute Gasteiger partial charge is 0.494 e.